The molecule has 1 aromatic carbocycles. The number of methoxy groups -OCH3 is 4. The van der Waals surface area contributed by atoms with Gasteiger partial charge in [-0.15, -0.1) is 0 Å². The highest BCUT2D eigenvalue weighted by atomic mass is 16.6. The quantitative estimate of drug-likeness (QED) is 0.369. The summed E-state index contributed by atoms with van der Waals surface area (Å²) in [5.74, 6) is 0.656. The molecule has 0 bridgehead atoms. The van der Waals surface area contributed by atoms with E-state index in [0.29, 0.717) is 22.9 Å². The molecule has 1 aromatic heterocycles. The molecule has 0 aliphatic rings. The van der Waals surface area contributed by atoms with Gasteiger partial charge in [0.25, 0.3) is 0 Å². The van der Waals surface area contributed by atoms with Gasteiger partial charge in [-0.05, 0) is 0 Å². The van der Waals surface area contributed by atoms with Crippen molar-refractivity contribution in [2.24, 2.45) is 0 Å². The van der Waals surface area contributed by atoms with E-state index in [9.17, 15) is 14.9 Å². The molecule has 12 heteroatoms. The van der Waals surface area contributed by atoms with Crippen LogP contribution in [0.5, 0.6) is 17.2 Å². The number of anilines is 3. The Labute approximate surface area is 166 Å². The average molecular weight is 407 g/mol. The van der Waals surface area contributed by atoms with Crippen molar-refractivity contribution in [3.63, 3.8) is 0 Å². The third-order valence-electron chi connectivity index (χ3n) is 3.82. The molecule has 0 unspecified atom stereocenters. The minimum absolute atomic E-state index is 0.0506. The predicted molar refractivity (Wildman–Crippen MR) is 103 cm³/mol. The molecule has 29 heavy (non-hydrogen) atoms. The normalized spacial score (nSPS) is 10.1. The highest BCUT2D eigenvalue weighted by molar-refractivity contribution is 5.76. The summed E-state index contributed by atoms with van der Waals surface area (Å²) in [4.78, 5) is 31.6. The molecule has 0 fully saturated rings. The van der Waals surface area contributed by atoms with Gasteiger partial charge < -0.3 is 29.2 Å². The van der Waals surface area contributed by atoms with E-state index in [2.05, 4.69) is 20.0 Å². The lowest BCUT2D eigenvalue weighted by atomic mass is 10.2. The molecule has 0 aliphatic carbocycles. The number of hydrogen-bond donors (Lipinski definition) is 1. The van der Waals surface area contributed by atoms with Crippen LogP contribution in [0.4, 0.5) is 23.1 Å². The van der Waals surface area contributed by atoms with Crippen LogP contribution in [-0.2, 0) is 9.53 Å². The van der Waals surface area contributed by atoms with Crippen molar-refractivity contribution in [3.8, 4) is 17.2 Å². The number of likely N-dealkylation sites (N-methyl/N-ethyl adjacent to an activating group) is 1. The van der Waals surface area contributed by atoms with E-state index in [1.54, 1.807) is 12.1 Å². The number of carbonyl (C=O) groups excluding carboxylic acids is 1. The zero-order valence-electron chi connectivity index (χ0n) is 16.6. The molecule has 0 atom stereocenters. The van der Waals surface area contributed by atoms with E-state index < -0.39 is 10.9 Å². The topological polar surface area (TPSA) is 138 Å². The number of carbonyl (C=O) groups is 1. The molecule has 0 spiro atoms. The number of aromatic nitrogens is 2. The molecule has 2 rings (SSSR count). The summed E-state index contributed by atoms with van der Waals surface area (Å²) in [6, 6.07) is 3.26. The lowest BCUT2D eigenvalue weighted by Gasteiger charge is -2.17. The number of hydrogen-bond acceptors (Lipinski definition) is 11. The summed E-state index contributed by atoms with van der Waals surface area (Å²) in [7, 11) is 7.14. The fraction of sp³-hybridized carbons (Fsp3) is 0.353. The SMILES string of the molecule is COC(=O)CN(C)c1nc(Nc2cc(OC)c(OC)c(OC)c2)ncc1[N+](=O)[O-]. The summed E-state index contributed by atoms with van der Waals surface area (Å²) < 4.78 is 20.4. The Hall–Kier alpha value is -3.83. The molecular weight excluding hydrogens is 386 g/mol. The third-order valence-corrected chi connectivity index (χ3v) is 3.82. The van der Waals surface area contributed by atoms with Crippen molar-refractivity contribution in [1.29, 1.82) is 0 Å². The third kappa shape index (κ3) is 4.91. The minimum atomic E-state index is -0.633. The lowest BCUT2D eigenvalue weighted by Crippen LogP contribution is -2.28. The summed E-state index contributed by atoms with van der Waals surface area (Å²) in [5, 5.41) is 14.2. The molecule has 0 saturated carbocycles. The van der Waals surface area contributed by atoms with Crippen LogP contribution in [0.15, 0.2) is 18.3 Å². The van der Waals surface area contributed by atoms with Gasteiger partial charge in [-0.25, -0.2) is 4.98 Å². The largest absolute Gasteiger partial charge is 0.493 e. The van der Waals surface area contributed by atoms with Crippen LogP contribution < -0.4 is 24.4 Å². The van der Waals surface area contributed by atoms with Gasteiger partial charge in [0, 0.05) is 24.9 Å². The van der Waals surface area contributed by atoms with Gasteiger partial charge >= 0.3 is 11.7 Å². The Bertz CT molecular complexity index is 881. The van der Waals surface area contributed by atoms with Gasteiger partial charge in [-0.2, -0.15) is 4.98 Å². The molecular formula is C17H21N5O7. The van der Waals surface area contributed by atoms with Gasteiger partial charge in [0.1, 0.15) is 12.7 Å². The first kappa shape index (κ1) is 21.5. The summed E-state index contributed by atoms with van der Waals surface area (Å²) in [5.41, 5.74) is 0.141. The highest BCUT2D eigenvalue weighted by Gasteiger charge is 2.23. The van der Waals surface area contributed by atoms with Crippen LogP contribution in [0.2, 0.25) is 0 Å². The van der Waals surface area contributed by atoms with Crippen LogP contribution >= 0.6 is 0 Å². The van der Waals surface area contributed by atoms with Crippen LogP contribution in [0.25, 0.3) is 0 Å². The molecule has 0 radical (unpaired) electrons. The van der Waals surface area contributed by atoms with Crippen LogP contribution in [0, 0.1) is 10.1 Å². The average Bonchev–Trinajstić information content (AvgIpc) is 2.72. The van der Waals surface area contributed by atoms with E-state index in [1.165, 1.54) is 40.4 Å². The zero-order valence-corrected chi connectivity index (χ0v) is 16.6. The number of esters is 1. The fourth-order valence-electron chi connectivity index (χ4n) is 2.45. The first-order chi connectivity index (χ1) is 13.8. The molecule has 12 nitrogen and oxygen atoms in total. The molecule has 2 aromatic rings. The summed E-state index contributed by atoms with van der Waals surface area (Å²) >= 11 is 0. The van der Waals surface area contributed by atoms with Gasteiger partial charge in [0.05, 0.1) is 33.4 Å². The number of ether oxygens (including phenoxy) is 4. The molecule has 156 valence electrons. The number of nitrogens with zero attached hydrogens (tertiary/aromatic N) is 4. The second kappa shape index (κ2) is 9.39. The van der Waals surface area contributed by atoms with E-state index >= 15 is 0 Å². The van der Waals surface area contributed by atoms with Crippen LogP contribution in [0.1, 0.15) is 0 Å². The second-order valence-electron chi connectivity index (χ2n) is 5.63. The standard InChI is InChI=1S/C17H21N5O7/c1-21(9-14(23)28-4)16-11(22(24)25)8-18-17(20-16)19-10-6-12(26-2)15(29-5)13(7-10)27-3/h6-8H,9H2,1-5H3,(H,18,19,20). The monoisotopic (exact) mass is 407 g/mol. The van der Waals surface area contributed by atoms with Crippen molar-refractivity contribution < 1.29 is 28.7 Å². The van der Waals surface area contributed by atoms with E-state index in [-0.39, 0.29) is 24.0 Å². The Morgan fingerprint density at radius 2 is 1.79 bits per heavy atom. The number of nitro groups is 1. The van der Waals surface area contributed by atoms with E-state index in [1.807, 2.05) is 0 Å². The number of benzene rings is 1. The predicted octanol–water partition coefficient (Wildman–Crippen LogP) is 1.76. The lowest BCUT2D eigenvalue weighted by molar-refractivity contribution is -0.384. The summed E-state index contributed by atoms with van der Waals surface area (Å²) in [6.45, 7) is -0.224. The molecule has 0 aliphatic heterocycles. The van der Waals surface area contributed by atoms with E-state index in [0.717, 1.165) is 6.20 Å². The van der Waals surface area contributed by atoms with Crippen LogP contribution in [-0.4, -0.2) is 62.9 Å². The second-order valence-corrected chi connectivity index (χ2v) is 5.63. The van der Waals surface area contributed by atoms with Gasteiger partial charge in [0.15, 0.2) is 11.5 Å². The number of rotatable bonds is 9. The number of nitrogens with one attached hydrogen (secondary N) is 1. The van der Waals surface area contributed by atoms with Crippen molar-refractivity contribution in [2.75, 3.05) is 52.2 Å². The Kier molecular flexibility index (Phi) is 6.95. The molecule has 0 amide bonds. The van der Waals surface area contributed by atoms with Crippen molar-refractivity contribution in [1.82, 2.24) is 9.97 Å². The van der Waals surface area contributed by atoms with Gasteiger partial charge in [-0.1, -0.05) is 0 Å². The Morgan fingerprint density at radius 3 is 2.28 bits per heavy atom. The molecule has 1 N–H and O–H groups in total. The summed E-state index contributed by atoms with van der Waals surface area (Å²) in [6.07, 6.45) is 1.05. The van der Waals surface area contributed by atoms with E-state index in [4.69, 9.17) is 14.2 Å². The minimum Gasteiger partial charge on any atom is -0.493 e. The maximum absolute atomic E-state index is 11.5. The van der Waals surface area contributed by atoms with Crippen LogP contribution in [0.3, 0.4) is 0 Å². The Morgan fingerprint density at radius 1 is 1.17 bits per heavy atom. The first-order valence-electron chi connectivity index (χ1n) is 8.21. The molecule has 0 saturated heterocycles. The van der Waals surface area contributed by atoms with Crippen molar-refractivity contribution >= 4 is 29.1 Å². The highest BCUT2D eigenvalue weighted by Crippen LogP contribution is 2.40. The zero-order chi connectivity index (χ0) is 21.6. The fourth-order valence-corrected chi connectivity index (χ4v) is 2.45. The molecule has 1 heterocycles. The van der Waals surface area contributed by atoms with Crippen molar-refractivity contribution in [3.05, 3.63) is 28.4 Å². The van der Waals surface area contributed by atoms with Gasteiger partial charge in [-0.3, -0.25) is 14.9 Å². The maximum Gasteiger partial charge on any atom is 0.329 e. The first-order valence-corrected chi connectivity index (χ1v) is 8.21. The smallest absolute Gasteiger partial charge is 0.329 e. The Balaban J connectivity index is 2.42. The van der Waals surface area contributed by atoms with Crippen molar-refractivity contribution in [2.45, 2.75) is 0 Å². The van der Waals surface area contributed by atoms with Gasteiger partial charge in [0.2, 0.25) is 17.5 Å². The maximum atomic E-state index is 11.5.